The average Bonchev–Trinajstić information content (AvgIpc) is 2.22. The van der Waals surface area contributed by atoms with Crippen LogP contribution in [0.15, 0.2) is 0 Å². The largest absolute Gasteiger partial charge is 0.481 e. The first kappa shape index (κ1) is 11.6. The Hall–Kier alpha value is -0.530. The van der Waals surface area contributed by atoms with Gasteiger partial charge in [0.1, 0.15) is 0 Å². The predicted octanol–water partition coefficient (Wildman–Crippen LogP) is 3.42. The van der Waals surface area contributed by atoms with Crippen molar-refractivity contribution in [3.05, 3.63) is 0 Å². The zero-order chi connectivity index (χ0) is 12.4. The van der Waals surface area contributed by atoms with Gasteiger partial charge in [-0.1, -0.05) is 20.8 Å². The van der Waals surface area contributed by atoms with E-state index in [1.807, 2.05) is 0 Å². The molecule has 0 aromatic rings. The van der Waals surface area contributed by atoms with Crippen molar-refractivity contribution in [1.82, 2.24) is 0 Å². The Morgan fingerprint density at radius 2 is 1.53 bits per heavy atom. The number of hydrogen-bond donors (Lipinski definition) is 1. The summed E-state index contributed by atoms with van der Waals surface area (Å²) in [6, 6.07) is 0. The molecule has 0 aromatic heterocycles. The average molecular weight is 236 g/mol. The fourth-order valence-corrected chi connectivity index (χ4v) is 5.51. The molecule has 0 amide bonds. The lowest BCUT2D eigenvalue weighted by Crippen LogP contribution is -2.58. The van der Waals surface area contributed by atoms with Crippen molar-refractivity contribution in [2.45, 2.75) is 46.5 Å². The Labute approximate surface area is 104 Å². The smallest absolute Gasteiger partial charge is 0.307 e. The van der Waals surface area contributed by atoms with E-state index in [1.165, 1.54) is 25.7 Å². The van der Waals surface area contributed by atoms with Gasteiger partial charge in [0.05, 0.1) is 5.92 Å². The predicted molar refractivity (Wildman–Crippen MR) is 66.5 cm³/mol. The number of carboxylic acids is 1. The van der Waals surface area contributed by atoms with Gasteiger partial charge in [0.25, 0.3) is 0 Å². The third-order valence-corrected chi connectivity index (χ3v) is 6.65. The molecular formula is C15H24O2. The van der Waals surface area contributed by atoms with Crippen molar-refractivity contribution in [2.75, 3.05) is 0 Å². The van der Waals surface area contributed by atoms with Crippen LogP contribution in [-0.4, -0.2) is 11.1 Å². The summed E-state index contributed by atoms with van der Waals surface area (Å²) >= 11 is 0. The van der Waals surface area contributed by atoms with Crippen molar-refractivity contribution in [3.63, 3.8) is 0 Å². The van der Waals surface area contributed by atoms with Crippen LogP contribution in [0.2, 0.25) is 0 Å². The highest BCUT2D eigenvalue weighted by atomic mass is 16.4. The van der Waals surface area contributed by atoms with Crippen LogP contribution in [0, 0.1) is 40.9 Å². The van der Waals surface area contributed by atoms with Crippen LogP contribution < -0.4 is 0 Å². The van der Waals surface area contributed by atoms with Gasteiger partial charge in [-0.25, -0.2) is 0 Å². The van der Waals surface area contributed by atoms with Gasteiger partial charge in [-0.2, -0.15) is 0 Å². The minimum atomic E-state index is -0.523. The minimum absolute atomic E-state index is 0.0146. The second-order valence-electron chi connectivity index (χ2n) is 7.24. The molecule has 17 heavy (non-hydrogen) atoms. The Balaban J connectivity index is 1.91. The second-order valence-corrected chi connectivity index (χ2v) is 7.24. The van der Waals surface area contributed by atoms with Gasteiger partial charge >= 0.3 is 5.97 Å². The molecule has 4 fully saturated rings. The van der Waals surface area contributed by atoms with E-state index in [1.54, 1.807) is 0 Å². The maximum atomic E-state index is 11.4. The van der Waals surface area contributed by atoms with E-state index in [-0.39, 0.29) is 5.92 Å². The Bertz CT molecular complexity index is 315. The van der Waals surface area contributed by atoms with E-state index in [0.29, 0.717) is 17.3 Å². The summed E-state index contributed by atoms with van der Waals surface area (Å²) in [5, 5.41) is 9.38. The first-order chi connectivity index (χ1) is 7.94. The molecule has 2 heteroatoms. The number of carbonyl (C=O) groups is 1. The molecule has 0 heterocycles. The van der Waals surface area contributed by atoms with Crippen molar-refractivity contribution in [3.8, 4) is 0 Å². The monoisotopic (exact) mass is 236 g/mol. The molecule has 0 atom stereocenters. The second kappa shape index (κ2) is 3.49. The summed E-state index contributed by atoms with van der Waals surface area (Å²) in [6.07, 6.45) is 4.72. The molecule has 4 aliphatic carbocycles. The molecule has 4 saturated carbocycles. The number of aliphatic carboxylic acids is 1. The molecule has 0 radical (unpaired) electrons. The summed E-state index contributed by atoms with van der Waals surface area (Å²) in [6.45, 7) is 7.19. The van der Waals surface area contributed by atoms with Crippen molar-refractivity contribution in [1.29, 1.82) is 0 Å². The molecular weight excluding hydrogens is 212 g/mol. The Morgan fingerprint density at radius 3 is 1.82 bits per heavy atom. The molecule has 0 aromatic carbocycles. The zero-order valence-corrected chi connectivity index (χ0v) is 11.1. The van der Waals surface area contributed by atoms with Crippen LogP contribution in [0.25, 0.3) is 0 Å². The molecule has 4 aliphatic rings. The zero-order valence-electron chi connectivity index (χ0n) is 11.1. The molecule has 0 unspecified atom stereocenters. The van der Waals surface area contributed by atoms with Crippen LogP contribution in [0.5, 0.6) is 0 Å². The van der Waals surface area contributed by atoms with Crippen molar-refractivity contribution >= 4 is 5.97 Å². The van der Waals surface area contributed by atoms with E-state index in [0.717, 1.165) is 17.8 Å². The van der Waals surface area contributed by atoms with Gasteiger partial charge in [0, 0.05) is 0 Å². The van der Waals surface area contributed by atoms with E-state index in [9.17, 15) is 9.90 Å². The number of carboxylic acid groups (broad SMARTS) is 1. The third-order valence-electron chi connectivity index (χ3n) is 6.65. The number of hydrogen-bond acceptors (Lipinski definition) is 1. The molecule has 4 bridgehead atoms. The summed E-state index contributed by atoms with van der Waals surface area (Å²) in [4.78, 5) is 11.4. The van der Waals surface area contributed by atoms with Crippen LogP contribution in [0.1, 0.15) is 46.5 Å². The highest BCUT2D eigenvalue weighted by molar-refractivity contribution is 5.71. The quantitative estimate of drug-likeness (QED) is 0.797. The van der Waals surface area contributed by atoms with Crippen LogP contribution in [0.4, 0.5) is 0 Å². The lowest BCUT2D eigenvalue weighted by atomic mass is 9.41. The molecule has 0 saturated heterocycles. The molecule has 0 aliphatic heterocycles. The maximum Gasteiger partial charge on any atom is 0.307 e. The maximum absolute atomic E-state index is 11.4. The first-order valence-electron chi connectivity index (χ1n) is 7.17. The van der Waals surface area contributed by atoms with Crippen molar-refractivity contribution < 1.29 is 9.90 Å². The fourth-order valence-electron chi connectivity index (χ4n) is 5.51. The van der Waals surface area contributed by atoms with Crippen LogP contribution >= 0.6 is 0 Å². The van der Waals surface area contributed by atoms with Crippen LogP contribution in [0.3, 0.4) is 0 Å². The highest BCUT2D eigenvalue weighted by Gasteiger charge is 2.60. The summed E-state index contributed by atoms with van der Waals surface area (Å²) in [5.41, 5.74) is 0.483. The normalized spacial score (nSPS) is 52.1. The van der Waals surface area contributed by atoms with Gasteiger partial charge in [-0.05, 0) is 60.7 Å². The minimum Gasteiger partial charge on any atom is -0.481 e. The van der Waals surface area contributed by atoms with Gasteiger partial charge in [0.15, 0.2) is 0 Å². The van der Waals surface area contributed by atoms with E-state index < -0.39 is 5.97 Å². The van der Waals surface area contributed by atoms with Gasteiger partial charge < -0.3 is 5.11 Å². The lowest BCUT2D eigenvalue weighted by molar-refractivity contribution is -0.177. The van der Waals surface area contributed by atoms with Crippen molar-refractivity contribution in [2.24, 2.45) is 40.9 Å². The summed E-state index contributed by atoms with van der Waals surface area (Å²) in [7, 11) is 0. The molecule has 1 N–H and O–H groups in total. The number of rotatable bonds is 2. The van der Waals surface area contributed by atoms with Crippen LogP contribution in [-0.2, 0) is 4.79 Å². The van der Waals surface area contributed by atoms with Gasteiger partial charge in [-0.15, -0.1) is 0 Å². The molecule has 96 valence electrons. The lowest BCUT2D eigenvalue weighted by Gasteiger charge is -2.63. The van der Waals surface area contributed by atoms with Gasteiger partial charge in [-0.3, -0.25) is 4.79 Å². The molecule has 2 nitrogen and oxygen atoms in total. The molecule has 0 spiro atoms. The van der Waals surface area contributed by atoms with E-state index >= 15 is 0 Å². The standard InChI is InChI=1S/C15H24O2/c1-8(2)15(3)11-4-9-5-12(15)7-10(6-11)13(9)14(16)17/h8-13H,4-7H2,1-3H3,(H,16,17). The summed E-state index contributed by atoms with van der Waals surface area (Å²) in [5.74, 6) is 2.76. The van der Waals surface area contributed by atoms with E-state index in [4.69, 9.17) is 0 Å². The van der Waals surface area contributed by atoms with E-state index in [2.05, 4.69) is 20.8 Å². The highest BCUT2D eigenvalue weighted by Crippen LogP contribution is 2.66. The van der Waals surface area contributed by atoms with Gasteiger partial charge in [0.2, 0.25) is 0 Å². The topological polar surface area (TPSA) is 37.3 Å². The SMILES string of the molecule is CC(C)C1(C)C2CC3CC1CC(C2)C3C(=O)O. The fraction of sp³-hybridized carbons (Fsp3) is 0.933. The first-order valence-corrected chi connectivity index (χ1v) is 7.17. The Morgan fingerprint density at radius 1 is 1.12 bits per heavy atom. The Kier molecular flexibility index (Phi) is 2.37. The third kappa shape index (κ3) is 1.36. The summed E-state index contributed by atoms with van der Waals surface area (Å²) < 4.78 is 0. The molecule has 4 rings (SSSR count).